The van der Waals surface area contributed by atoms with Gasteiger partial charge in [-0.2, -0.15) is 0 Å². The van der Waals surface area contributed by atoms with Gasteiger partial charge < -0.3 is 20.7 Å². The average molecular weight is 502 g/mol. The minimum atomic E-state index is -1.28. The third-order valence-electron chi connectivity index (χ3n) is 5.19. The van der Waals surface area contributed by atoms with Crippen LogP contribution >= 0.6 is 11.6 Å². The topological polar surface area (TPSA) is 118 Å². The van der Waals surface area contributed by atoms with Crippen LogP contribution in [-0.4, -0.2) is 41.3 Å². The molecule has 0 radical (unpaired) electrons. The Kier molecular flexibility index (Phi) is 6.52. The van der Waals surface area contributed by atoms with Crippen molar-refractivity contribution in [3.63, 3.8) is 0 Å². The highest BCUT2D eigenvalue weighted by atomic mass is 35.5. The molecule has 1 unspecified atom stereocenters. The molecule has 2 heterocycles. The molecular formula is C23H18ClF2N5O4. The van der Waals surface area contributed by atoms with Crippen molar-refractivity contribution < 1.29 is 27.9 Å². The summed E-state index contributed by atoms with van der Waals surface area (Å²) in [6.45, 7) is -0.188. The van der Waals surface area contributed by atoms with E-state index in [1.165, 1.54) is 48.5 Å². The number of nitrogens with one attached hydrogen (secondary N) is 1. The van der Waals surface area contributed by atoms with Crippen LogP contribution in [0.4, 0.5) is 30.8 Å². The first-order valence-electron chi connectivity index (χ1n) is 10.2. The van der Waals surface area contributed by atoms with E-state index in [0.717, 1.165) is 23.1 Å². The van der Waals surface area contributed by atoms with E-state index < -0.39 is 35.4 Å². The van der Waals surface area contributed by atoms with Gasteiger partial charge in [0.25, 0.3) is 0 Å². The maximum atomic E-state index is 14.6. The van der Waals surface area contributed by atoms with Crippen LogP contribution in [0.25, 0.3) is 0 Å². The van der Waals surface area contributed by atoms with E-state index in [9.17, 15) is 23.2 Å². The third-order valence-corrected chi connectivity index (χ3v) is 5.57. The van der Waals surface area contributed by atoms with Crippen LogP contribution in [0.3, 0.4) is 0 Å². The number of carbonyl (C=O) groups is 3. The fourth-order valence-corrected chi connectivity index (χ4v) is 3.55. The predicted molar refractivity (Wildman–Crippen MR) is 124 cm³/mol. The lowest BCUT2D eigenvalue weighted by atomic mass is 10.0. The van der Waals surface area contributed by atoms with E-state index in [-0.39, 0.29) is 40.3 Å². The summed E-state index contributed by atoms with van der Waals surface area (Å²) in [5, 5.41) is 2.49. The Labute approximate surface area is 203 Å². The molecule has 1 atom stereocenters. The van der Waals surface area contributed by atoms with Crippen molar-refractivity contribution in [2.45, 2.75) is 0 Å². The number of anilines is 3. The molecule has 1 aromatic heterocycles. The van der Waals surface area contributed by atoms with Crippen LogP contribution < -0.4 is 20.7 Å². The molecule has 4 rings (SSSR count). The van der Waals surface area contributed by atoms with Crippen LogP contribution in [0, 0.1) is 17.6 Å². The van der Waals surface area contributed by atoms with E-state index >= 15 is 0 Å². The van der Waals surface area contributed by atoms with E-state index in [2.05, 4.69) is 10.3 Å². The fraction of sp³-hybridized carbons (Fsp3) is 0.130. The molecular weight excluding hydrogens is 484 g/mol. The number of nitrogens with zero attached hydrogens (tertiary/aromatic N) is 3. The molecule has 1 aliphatic heterocycles. The van der Waals surface area contributed by atoms with Gasteiger partial charge in [-0.15, -0.1) is 0 Å². The Hall–Kier alpha value is -4.25. The summed E-state index contributed by atoms with van der Waals surface area (Å²) < 4.78 is 33.4. The van der Waals surface area contributed by atoms with Gasteiger partial charge >= 0.3 is 6.03 Å². The lowest BCUT2D eigenvalue weighted by molar-refractivity contribution is -0.131. The second-order valence-electron chi connectivity index (χ2n) is 7.61. The summed E-state index contributed by atoms with van der Waals surface area (Å²) in [5.74, 6) is -4.25. The standard InChI is InChI=1S/C23H18ClF2N5O4/c1-30-11-15(22(33)31(23(30)34)14-5-2-12(25)3-6-14)21(32)29-13-4-7-17(16(26)10-13)35-18-8-9-28-20(27)19(18)24/h2-10,15H,11H2,1H3,(H2,27,28)(H,29,32). The van der Waals surface area contributed by atoms with Crippen LogP contribution in [-0.2, 0) is 9.59 Å². The molecule has 3 aromatic rings. The van der Waals surface area contributed by atoms with Crippen LogP contribution in [0.2, 0.25) is 5.02 Å². The Morgan fingerprint density at radius 3 is 2.54 bits per heavy atom. The first-order valence-corrected chi connectivity index (χ1v) is 10.6. The summed E-state index contributed by atoms with van der Waals surface area (Å²) >= 11 is 6.01. The van der Waals surface area contributed by atoms with Crippen LogP contribution in [0.15, 0.2) is 54.7 Å². The summed E-state index contributed by atoms with van der Waals surface area (Å²) in [7, 11) is 1.42. The first kappa shape index (κ1) is 23.9. The lowest BCUT2D eigenvalue weighted by Crippen LogP contribution is -2.58. The number of carbonyl (C=O) groups excluding carboxylic acids is 3. The molecule has 0 bridgehead atoms. The smallest absolute Gasteiger partial charge is 0.331 e. The van der Waals surface area contributed by atoms with E-state index in [4.69, 9.17) is 22.1 Å². The monoisotopic (exact) mass is 501 g/mol. The molecule has 0 spiro atoms. The average Bonchev–Trinajstić information content (AvgIpc) is 2.82. The van der Waals surface area contributed by atoms with Crippen molar-refractivity contribution in [2.75, 3.05) is 29.5 Å². The number of halogens is 3. The Bertz CT molecular complexity index is 1320. The van der Waals surface area contributed by atoms with Crippen LogP contribution in [0.5, 0.6) is 11.5 Å². The van der Waals surface area contributed by atoms with Crippen molar-refractivity contribution in [3.05, 3.63) is 71.4 Å². The van der Waals surface area contributed by atoms with Crippen molar-refractivity contribution in [1.29, 1.82) is 0 Å². The van der Waals surface area contributed by atoms with Crippen LogP contribution in [0.1, 0.15) is 0 Å². The zero-order valence-corrected chi connectivity index (χ0v) is 18.9. The Balaban J connectivity index is 1.51. The van der Waals surface area contributed by atoms with Crippen molar-refractivity contribution in [2.24, 2.45) is 5.92 Å². The number of imide groups is 1. The summed E-state index contributed by atoms with van der Waals surface area (Å²) in [5.41, 5.74) is 5.78. The largest absolute Gasteiger partial charge is 0.453 e. The lowest BCUT2D eigenvalue weighted by Gasteiger charge is -2.35. The number of hydrogen-bond acceptors (Lipinski definition) is 6. The number of nitrogens with two attached hydrogens (primary N) is 1. The van der Waals surface area contributed by atoms with Gasteiger partial charge in [0, 0.05) is 37.6 Å². The van der Waals surface area contributed by atoms with E-state index in [1.54, 1.807) is 0 Å². The van der Waals surface area contributed by atoms with E-state index in [1.807, 2.05) is 0 Å². The summed E-state index contributed by atoms with van der Waals surface area (Å²) in [6, 6.07) is 9.10. The molecule has 4 amide bonds. The molecule has 9 nitrogen and oxygen atoms in total. The molecule has 180 valence electrons. The number of aromatic nitrogens is 1. The Morgan fingerprint density at radius 2 is 1.86 bits per heavy atom. The van der Waals surface area contributed by atoms with Crippen molar-refractivity contribution >= 4 is 46.6 Å². The van der Waals surface area contributed by atoms with Gasteiger partial charge in [0.05, 0.1) is 5.69 Å². The number of nitrogen functional groups attached to an aromatic ring is 1. The zero-order chi connectivity index (χ0) is 25.3. The highest BCUT2D eigenvalue weighted by Gasteiger charge is 2.42. The molecule has 0 saturated carbocycles. The van der Waals surface area contributed by atoms with Gasteiger partial charge in [0.1, 0.15) is 22.6 Å². The molecule has 2 aromatic carbocycles. The van der Waals surface area contributed by atoms with Gasteiger partial charge in [-0.25, -0.2) is 23.5 Å². The maximum absolute atomic E-state index is 14.6. The quantitative estimate of drug-likeness (QED) is 0.509. The maximum Gasteiger partial charge on any atom is 0.331 e. The van der Waals surface area contributed by atoms with Gasteiger partial charge in [0.15, 0.2) is 17.3 Å². The highest BCUT2D eigenvalue weighted by molar-refractivity contribution is 6.34. The summed E-state index contributed by atoms with van der Waals surface area (Å²) in [4.78, 5) is 44.2. The van der Waals surface area contributed by atoms with Gasteiger partial charge in [0.2, 0.25) is 11.8 Å². The highest BCUT2D eigenvalue weighted by Crippen LogP contribution is 2.34. The van der Waals surface area contributed by atoms with E-state index in [0.29, 0.717) is 0 Å². The second kappa shape index (κ2) is 9.55. The SMILES string of the molecule is CN1CC(C(=O)Nc2ccc(Oc3ccnc(N)c3Cl)c(F)c2)C(=O)N(c2ccc(F)cc2)C1=O. The molecule has 1 aliphatic rings. The third kappa shape index (κ3) is 4.85. The second-order valence-corrected chi connectivity index (χ2v) is 7.99. The number of pyridine rings is 1. The number of ether oxygens (including phenoxy) is 1. The predicted octanol–water partition coefficient (Wildman–Crippen LogP) is 4.04. The molecule has 1 fully saturated rings. The van der Waals surface area contributed by atoms with Gasteiger partial charge in [-0.05, 0) is 36.4 Å². The summed E-state index contributed by atoms with van der Waals surface area (Å²) in [6.07, 6.45) is 1.35. The van der Waals surface area contributed by atoms with Crippen molar-refractivity contribution in [3.8, 4) is 11.5 Å². The Morgan fingerprint density at radius 1 is 1.14 bits per heavy atom. The minimum Gasteiger partial charge on any atom is -0.453 e. The normalized spacial score (nSPS) is 15.8. The number of rotatable bonds is 5. The molecule has 35 heavy (non-hydrogen) atoms. The number of hydrogen-bond donors (Lipinski definition) is 2. The number of urea groups is 1. The molecule has 1 saturated heterocycles. The zero-order valence-electron chi connectivity index (χ0n) is 18.2. The molecule has 0 aliphatic carbocycles. The number of amides is 4. The molecule has 3 N–H and O–H groups in total. The van der Waals surface area contributed by atoms with Gasteiger partial charge in [-0.3, -0.25) is 9.59 Å². The van der Waals surface area contributed by atoms with Crippen molar-refractivity contribution in [1.82, 2.24) is 9.88 Å². The number of benzene rings is 2. The van der Waals surface area contributed by atoms with Gasteiger partial charge in [-0.1, -0.05) is 11.6 Å². The molecule has 12 heteroatoms. The minimum absolute atomic E-state index is 0.0174. The fourth-order valence-electron chi connectivity index (χ4n) is 3.40. The first-order chi connectivity index (χ1) is 16.7.